The van der Waals surface area contributed by atoms with E-state index in [9.17, 15) is 14.4 Å². The first-order chi connectivity index (χ1) is 30.5. The molecule has 0 amide bonds. The highest BCUT2D eigenvalue weighted by atomic mass is 16.6. The lowest BCUT2D eigenvalue weighted by molar-refractivity contribution is -0.167. The number of allylic oxidation sites excluding steroid dienone is 6. The summed E-state index contributed by atoms with van der Waals surface area (Å²) in [5, 5.41) is 0. The molecule has 0 radical (unpaired) electrons. The van der Waals surface area contributed by atoms with Crippen molar-refractivity contribution in [3.8, 4) is 0 Å². The van der Waals surface area contributed by atoms with E-state index in [1.807, 2.05) is 0 Å². The molecule has 0 aromatic heterocycles. The fraction of sp³-hybridized carbons (Fsp3) is 0.839. The van der Waals surface area contributed by atoms with Crippen molar-refractivity contribution in [3.05, 3.63) is 36.5 Å². The lowest BCUT2D eigenvalue weighted by Crippen LogP contribution is -2.30. The number of esters is 3. The first-order valence-electron chi connectivity index (χ1n) is 27.0. The van der Waals surface area contributed by atoms with E-state index in [1.165, 1.54) is 161 Å². The van der Waals surface area contributed by atoms with E-state index < -0.39 is 6.10 Å². The fourth-order valence-corrected chi connectivity index (χ4v) is 7.87. The van der Waals surface area contributed by atoms with Gasteiger partial charge in [0.1, 0.15) is 13.2 Å². The zero-order valence-electron chi connectivity index (χ0n) is 41.4. The number of rotatable bonds is 49. The first-order valence-corrected chi connectivity index (χ1v) is 27.0. The Morgan fingerprint density at radius 1 is 0.339 bits per heavy atom. The Hall–Kier alpha value is -2.37. The maximum absolute atomic E-state index is 12.8. The minimum Gasteiger partial charge on any atom is -0.462 e. The van der Waals surface area contributed by atoms with Crippen molar-refractivity contribution >= 4 is 17.9 Å². The maximum atomic E-state index is 12.8. The summed E-state index contributed by atoms with van der Waals surface area (Å²) in [6.07, 6.45) is 59.9. The summed E-state index contributed by atoms with van der Waals surface area (Å²) < 4.78 is 16.8. The lowest BCUT2D eigenvalue weighted by atomic mass is 10.0. The van der Waals surface area contributed by atoms with Crippen molar-refractivity contribution in [1.82, 2.24) is 0 Å². The number of hydrogen-bond acceptors (Lipinski definition) is 6. The molecule has 0 spiro atoms. The summed E-state index contributed by atoms with van der Waals surface area (Å²) in [6, 6.07) is 0. The Morgan fingerprint density at radius 2 is 0.629 bits per heavy atom. The quantitative estimate of drug-likeness (QED) is 0.0262. The van der Waals surface area contributed by atoms with E-state index in [-0.39, 0.29) is 31.1 Å². The maximum Gasteiger partial charge on any atom is 0.306 e. The van der Waals surface area contributed by atoms with Crippen LogP contribution in [0.25, 0.3) is 0 Å². The SMILES string of the molecule is CC/C=C\C/C=C\C/C=C\CCCCCC(=O)OC(COC(=O)CCCCCCCCCCCCCC)COC(=O)CCCCCCCCCCCCCCCCCCCCC. The van der Waals surface area contributed by atoms with Crippen LogP contribution in [0, 0.1) is 0 Å². The minimum atomic E-state index is -0.782. The van der Waals surface area contributed by atoms with Crippen molar-refractivity contribution in [1.29, 1.82) is 0 Å². The number of carbonyl (C=O) groups excluding carboxylic acids is 3. The molecule has 0 aromatic carbocycles. The van der Waals surface area contributed by atoms with E-state index in [2.05, 4.69) is 57.2 Å². The average Bonchev–Trinajstić information content (AvgIpc) is 3.27. The number of ether oxygens (including phenoxy) is 3. The van der Waals surface area contributed by atoms with Gasteiger partial charge in [0.15, 0.2) is 6.10 Å². The Labute approximate surface area is 385 Å². The number of hydrogen-bond donors (Lipinski definition) is 0. The van der Waals surface area contributed by atoms with Crippen molar-refractivity contribution in [3.63, 3.8) is 0 Å². The average molecular weight is 871 g/mol. The van der Waals surface area contributed by atoms with Gasteiger partial charge in [-0.25, -0.2) is 0 Å². The third-order valence-corrected chi connectivity index (χ3v) is 11.9. The summed E-state index contributed by atoms with van der Waals surface area (Å²) in [5.74, 6) is -0.896. The Bertz CT molecular complexity index is 1050. The standard InChI is InChI=1S/C56H102O6/c1-4-7-10-13-16-19-22-25-26-27-28-29-30-32-34-37-40-43-46-49-55(58)61-52-53(51-60-54(57)48-45-42-39-36-33-24-21-18-15-12-9-6-3)62-56(59)50-47-44-41-38-35-31-23-20-17-14-11-8-5-2/h8,11,17,20,31,35,53H,4-7,9-10,12-16,18-19,21-30,32-34,36-52H2,1-3H3/b11-8-,20-17-,35-31-. The van der Waals surface area contributed by atoms with E-state index in [1.54, 1.807) is 0 Å². The molecule has 6 nitrogen and oxygen atoms in total. The Balaban J connectivity index is 4.31. The molecule has 62 heavy (non-hydrogen) atoms. The van der Waals surface area contributed by atoms with Gasteiger partial charge in [-0.05, 0) is 51.4 Å². The minimum absolute atomic E-state index is 0.0796. The molecule has 0 aliphatic rings. The van der Waals surface area contributed by atoms with Gasteiger partial charge in [-0.2, -0.15) is 0 Å². The van der Waals surface area contributed by atoms with Crippen LogP contribution in [0.1, 0.15) is 284 Å². The molecule has 0 saturated carbocycles. The molecule has 362 valence electrons. The zero-order valence-corrected chi connectivity index (χ0v) is 41.4. The molecule has 0 fully saturated rings. The van der Waals surface area contributed by atoms with E-state index in [4.69, 9.17) is 14.2 Å². The molecule has 0 rings (SSSR count). The van der Waals surface area contributed by atoms with Crippen molar-refractivity contribution < 1.29 is 28.6 Å². The van der Waals surface area contributed by atoms with E-state index in [0.29, 0.717) is 19.3 Å². The largest absolute Gasteiger partial charge is 0.462 e. The van der Waals surface area contributed by atoms with Gasteiger partial charge in [0.25, 0.3) is 0 Å². The van der Waals surface area contributed by atoms with Gasteiger partial charge in [-0.3, -0.25) is 14.4 Å². The molecule has 0 aliphatic heterocycles. The van der Waals surface area contributed by atoms with Gasteiger partial charge >= 0.3 is 17.9 Å². The van der Waals surface area contributed by atoms with Crippen LogP contribution in [0.15, 0.2) is 36.5 Å². The summed E-state index contributed by atoms with van der Waals surface area (Å²) in [5.41, 5.74) is 0. The lowest BCUT2D eigenvalue weighted by Gasteiger charge is -2.18. The fourth-order valence-electron chi connectivity index (χ4n) is 7.87. The first kappa shape index (κ1) is 59.6. The summed E-state index contributed by atoms with van der Waals surface area (Å²) in [4.78, 5) is 38.0. The second kappa shape index (κ2) is 51.3. The van der Waals surface area contributed by atoms with Crippen LogP contribution in [0.5, 0.6) is 0 Å². The molecule has 1 unspecified atom stereocenters. The number of carbonyl (C=O) groups is 3. The molecule has 0 heterocycles. The predicted molar refractivity (Wildman–Crippen MR) is 266 cm³/mol. The highest BCUT2D eigenvalue weighted by molar-refractivity contribution is 5.71. The van der Waals surface area contributed by atoms with Crippen LogP contribution in [0.2, 0.25) is 0 Å². The summed E-state index contributed by atoms with van der Waals surface area (Å²) >= 11 is 0. The van der Waals surface area contributed by atoms with Crippen molar-refractivity contribution in [2.45, 2.75) is 290 Å². The normalized spacial score (nSPS) is 12.2. The smallest absolute Gasteiger partial charge is 0.306 e. The van der Waals surface area contributed by atoms with Gasteiger partial charge in [0, 0.05) is 19.3 Å². The van der Waals surface area contributed by atoms with Crippen LogP contribution < -0.4 is 0 Å². The van der Waals surface area contributed by atoms with Crippen LogP contribution >= 0.6 is 0 Å². The van der Waals surface area contributed by atoms with Crippen molar-refractivity contribution in [2.75, 3.05) is 13.2 Å². The zero-order chi connectivity index (χ0) is 45.1. The topological polar surface area (TPSA) is 78.9 Å². The van der Waals surface area contributed by atoms with Gasteiger partial charge in [0.2, 0.25) is 0 Å². The molecule has 0 N–H and O–H groups in total. The molecule has 0 saturated heterocycles. The number of unbranched alkanes of at least 4 members (excludes halogenated alkanes) is 32. The molecular formula is C56H102O6. The molecule has 1 atom stereocenters. The molecular weight excluding hydrogens is 769 g/mol. The predicted octanol–water partition coefficient (Wildman–Crippen LogP) is 17.7. The third-order valence-electron chi connectivity index (χ3n) is 11.9. The second-order valence-electron chi connectivity index (χ2n) is 18.1. The van der Waals surface area contributed by atoms with Gasteiger partial charge in [0.05, 0.1) is 0 Å². The van der Waals surface area contributed by atoms with Crippen LogP contribution in [-0.4, -0.2) is 37.2 Å². The van der Waals surface area contributed by atoms with E-state index in [0.717, 1.165) is 83.5 Å². The van der Waals surface area contributed by atoms with Crippen LogP contribution in [0.3, 0.4) is 0 Å². The van der Waals surface area contributed by atoms with Gasteiger partial charge in [-0.15, -0.1) is 0 Å². The van der Waals surface area contributed by atoms with Crippen LogP contribution in [0.4, 0.5) is 0 Å². The second-order valence-corrected chi connectivity index (χ2v) is 18.1. The molecule has 0 aromatic rings. The third kappa shape index (κ3) is 48.7. The van der Waals surface area contributed by atoms with Gasteiger partial charge in [-0.1, -0.05) is 250 Å². The monoisotopic (exact) mass is 871 g/mol. The Morgan fingerprint density at radius 3 is 0.984 bits per heavy atom. The summed E-state index contributed by atoms with van der Waals surface area (Å²) in [6.45, 7) is 6.53. The highest BCUT2D eigenvalue weighted by Crippen LogP contribution is 2.16. The van der Waals surface area contributed by atoms with Crippen molar-refractivity contribution in [2.24, 2.45) is 0 Å². The molecule has 0 bridgehead atoms. The van der Waals surface area contributed by atoms with Crippen LogP contribution in [-0.2, 0) is 28.6 Å². The molecule has 6 heteroatoms. The van der Waals surface area contributed by atoms with E-state index >= 15 is 0 Å². The summed E-state index contributed by atoms with van der Waals surface area (Å²) in [7, 11) is 0. The highest BCUT2D eigenvalue weighted by Gasteiger charge is 2.19. The van der Waals surface area contributed by atoms with Gasteiger partial charge < -0.3 is 14.2 Å². The Kier molecular flexibility index (Phi) is 49.3. The molecule has 0 aliphatic carbocycles.